The fourth-order valence-electron chi connectivity index (χ4n) is 1.61. The van der Waals surface area contributed by atoms with Crippen LogP contribution >= 0.6 is 23.2 Å². The lowest BCUT2D eigenvalue weighted by Gasteiger charge is -2.21. The average Bonchev–Trinajstić information content (AvgIpc) is 2.24. The van der Waals surface area contributed by atoms with E-state index in [-0.39, 0.29) is 16.9 Å². The Bertz CT molecular complexity index is 385. The van der Waals surface area contributed by atoms with E-state index < -0.39 is 0 Å². The minimum atomic E-state index is 0.0907. The summed E-state index contributed by atoms with van der Waals surface area (Å²) in [6.07, 6.45) is 0.136. The molecule has 0 aromatic heterocycles. The fraction of sp³-hybridized carbons (Fsp3) is 0.500. The number of hydrogen-bond donors (Lipinski definition) is 1. The largest absolute Gasteiger partial charge is 0.506 e. The summed E-state index contributed by atoms with van der Waals surface area (Å²) in [6, 6.07) is 3.25. The number of rotatable bonds is 5. The van der Waals surface area contributed by atoms with Crippen molar-refractivity contribution in [1.29, 1.82) is 0 Å². The maximum atomic E-state index is 9.81. The molecular weight excluding hydrogens is 261 g/mol. The van der Waals surface area contributed by atoms with E-state index in [4.69, 9.17) is 27.9 Å². The quantitative estimate of drug-likeness (QED) is 0.898. The van der Waals surface area contributed by atoms with Crippen LogP contribution in [0.3, 0.4) is 0 Å². The Labute approximate surface area is 112 Å². The van der Waals surface area contributed by atoms with Gasteiger partial charge in [0.15, 0.2) is 0 Å². The van der Waals surface area contributed by atoms with Crippen LogP contribution < -0.4 is 0 Å². The SMILES string of the molecule is COC(C)CN(C)Cc1cc(Cl)cc(Cl)c1O. The van der Waals surface area contributed by atoms with Crippen molar-refractivity contribution in [2.45, 2.75) is 19.6 Å². The molecule has 0 radical (unpaired) electrons. The second kappa shape index (κ2) is 6.45. The molecule has 0 aliphatic rings. The van der Waals surface area contributed by atoms with E-state index in [1.165, 1.54) is 6.07 Å². The van der Waals surface area contributed by atoms with Crippen molar-refractivity contribution in [3.63, 3.8) is 0 Å². The van der Waals surface area contributed by atoms with Gasteiger partial charge >= 0.3 is 0 Å². The van der Waals surface area contributed by atoms with Crippen LogP contribution in [0.4, 0.5) is 0 Å². The first kappa shape index (κ1) is 14.6. The number of ether oxygens (including phenoxy) is 1. The zero-order chi connectivity index (χ0) is 13.0. The van der Waals surface area contributed by atoms with Crippen LogP contribution in [0.15, 0.2) is 12.1 Å². The molecule has 0 saturated heterocycles. The van der Waals surface area contributed by atoms with Gasteiger partial charge in [-0.15, -0.1) is 0 Å². The van der Waals surface area contributed by atoms with Crippen LogP contribution in [0.25, 0.3) is 0 Å². The maximum Gasteiger partial charge on any atom is 0.138 e. The second-order valence-corrected chi connectivity index (χ2v) is 4.98. The maximum absolute atomic E-state index is 9.81. The van der Waals surface area contributed by atoms with Crippen LogP contribution in [0, 0.1) is 0 Å². The third kappa shape index (κ3) is 4.36. The third-order valence-corrected chi connectivity index (χ3v) is 3.02. The summed E-state index contributed by atoms with van der Waals surface area (Å²) in [4.78, 5) is 2.04. The molecule has 0 aliphatic heterocycles. The first-order valence-corrected chi connectivity index (χ1v) is 6.07. The lowest BCUT2D eigenvalue weighted by atomic mass is 10.2. The number of phenolic OH excluding ortho intramolecular Hbond substituents is 1. The van der Waals surface area contributed by atoms with Crippen LogP contribution in [-0.4, -0.2) is 36.8 Å². The van der Waals surface area contributed by atoms with E-state index in [1.54, 1.807) is 13.2 Å². The number of methoxy groups -OCH3 is 1. The van der Waals surface area contributed by atoms with Crippen LogP contribution in [0.5, 0.6) is 5.75 Å². The minimum absolute atomic E-state index is 0.0907. The van der Waals surface area contributed by atoms with Crippen molar-refractivity contribution in [1.82, 2.24) is 4.90 Å². The van der Waals surface area contributed by atoms with Crippen molar-refractivity contribution >= 4 is 23.2 Å². The van der Waals surface area contributed by atoms with Crippen molar-refractivity contribution < 1.29 is 9.84 Å². The predicted molar refractivity (Wildman–Crippen MR) is 70.9 cm³/mol. The first-order chi connectivity index (χ1) is 7.93. The number of benzene rings is 1. The van der Waals surface area contributed by atoms with E-state index in [0.717, 1.165) is 6.54 Å². The molecule has 0 fully saturated rings. The zero-order valence-corrected chi connectivity index (χ0v) is 11.7. The Morgan fingerprint density at radius 2 is 2.06 bits per heavy atom. The zero-order valence-electron chi connectivity index (χ0n) is 10.2. The van der Waals surface area contributed by atoms with Crippen LogP contribution in [-0.2, 0) is 11.3 Å². The van der Waals surface area contributed by atoms with Crippen molar-refractivity contribution in [3.05, 3.63) is 27.7 Å². The summed E-state index contributed by atoms with van der Waals surface area (Å²) in [5, 5.41) is 10.6. The standard InChI is InChI=1S/C12H17Cl2NO2/c1-8(17-3)6-15(2)7-9-4-10(13)5-11(14)12(9)16/h4-5,8,16H,6-7H2,1-3H3. The molecule has 1 N–H and O–H groups in total. The van der Waals surface area contributed by atoms with Crippen LogP contribution in [0.2, 0.25) is 10.0 Å². The molecule has 1 unspecified atom stereocenters. The second-order valence-electron chi connectivity index (χ2n) is 4.14. The summed E-state index contributed by atoms with van der Waals surface area (Å²) in [7, 11) is 3.62. The highest BCUT2D eigenvalue weighted by molar-refractivity contribution is 6.35. The van der Waals surface area contributed by atoms with Gasteiger partial charge in [-0.05, 0) is 26.1 Å². The molecule has 1 aromatic carbocycles. The molecule has 0 bridgehead atoms. The Balaban J connectivity index is 2.74. The number of nitrogens with zero attached hydrogens (tertiary/aromatic N) is 1. The Kier molecular flexibility index (Phi) is 5.53. The summed E-state index contributed by atoms with van der Waals surface area (Å²) in [6.45, 7) is 3.32. The van der Waals surface area contributed by atoms with E-state index in [9.17, 15) is 5.11 Å². The summed E-state index contributed by atoms with van der Waals surface area (Å²) < 4.78 is 5.18. The monoisotopic (exact) mass is 277 g/mol. The minimum Gasteiger partial charge on any atom is -0.506 e. The van der Waals surface area contributed by atoms with Gasteiger partial charge in [-0.25, -0.2) is 0 Å². The smallest absolute Gasteiger partial charge is 0.138 e. The van der Waals surface area contributed by atoms with Gasteiger partial charge in [0.25, 0.3) is 0 Å². The van der Waals surface area contributed by atoms with E-state index in [1.807, 2.05) is 18.9 Å². The van der Waals surface area contributed by atoms with Gasteiger partial charge in [-0.3, -0.25) is 4.90 Å². The summed E-state index contributed by atoms with van der Waals surface area (Å²) >= 11 is 11.8. The highest BCUT2D eigenvalue weighted by Crippen LogP contribution is 2.31. The molecule has 96 valence electrons. The highest BCUT2D eigenvalue weighted by Gasteiger charge is 2.11. The normalized spacial score (nSPS) is 13.1. The number of halogens is 2. The molecule has 17 heavy (non-hydrogen) atoms. The van der Waals surface area contributed by atoms with Gasteiger partial charge in [-0.2, -0.15) is 0 Å². The van der Waals surface area contributed by atoms with Gasteiger partial charge < -0.3 is 9.84 Å². The average molecular weight is 278 g/mol. The van der Waals surface area contributed by atoms with Gasteiger partial charge in [-0.1, -0.05) is 23.2 Å². The van der Waals surface area contributed by atoms with Crippen molar-refractivity contribution in [3.8, 4) is 5.75 Å². The molecule has 3 nitrogen and oxygen atoms in total. The van der Waals surface area contributed by atoms with Crippen molar-refractivity contribution in [2.75, 3.05) is 20.7 Å². The topological polar surface area (TPSA) is 32.7 Å². The summed E-state index contributed by atoms with van der Waals surface area (Å²) in [5.41, 5.74) is 0.716. The fourth-order valence-corrected chi connectivity index (χ4v) is 2.14. The molecule has 5 heteroatoms. The van der Waals surface area contributed by atoms with Gasteiger partial charge in [0.05, 0.1) is 11.1 Å². The van der Waals surface area contributed by atoms with Crippen LogP contribution in [0.1, 0.15) is 12.5 Å². The molecule has 1 atom stereocenters. The first-order valence-electron chi connectivity index (χ1n) is 5.32. The molecule has 0 heterocycles. The lowest BCUT2D eigenvalue weighted by molar-refractivity contribution is 0.0834. The molecule has 0 amide bonds. The van der Waals surface area contributed by atoms with E-state index in [2.05, 4.69) is 0 Å². The van der Waals surface area contributed by atoms with Gasteiger partial charge in [0, 0.05) is 30.8 Å². The molecule has 0 spiro atoms. The highest BCUT2D eigenvalue weighted by atomic mass is 35.5. The number of phenols is 1. The number of hydrogen-bond acceptors (Lipinski definition) is 3. The Hall–Kier alpha value is -0.480. The van der Waals surface area contributed by atoms with Gasteiger partial charge in [0.2, 0.25) is 0 Å². The predicted octanol–water partition coefficient (Wildman–Crippen LogP) is 3.17. The molecule has 0 saturated carbocycles. The number of likely N-dealkylation sites (N-methyl/N-ethyl adjacent to an activating group) is 1. The molecular formula is C12H17Cl2NO2. The summed E-state index contributed by atoms with van der Waals surface area (Å²) in [5.74, 6) is 0.0907. The lowest BCUT2D eigenvalue weighted by Crippen LogP contribution is -2.28. The van der Waals surface area contributed by atoms with Gasteiger partial charge in [0.1, 0.15) is 5.75 Å². The molecule has 0 aliphatic carbocycles. The van der Waals surface area contributed by atoms with Crippen molar-refractivity contribution in [2.24, 2.45) is 0 Å². The Morgan fingerprint density at radius 1 is 1.41 bits per heavy atom. The Morgan fingerprint density at radius 3 is 2.65 bits per heavy atom. The molecule has 1 rings (SSSR count). The van der Waals surface area contributed by atoms with E-state index >= 15 is 0 Å². The van der Waals surface area contributed by atoms with E-state index in [0.29, 0.717) is 17.1 Å². The number of aromatic hydroxyl groups is 1. The molecule has 1 aromatic rings. The third-order valence-electron chi connectivity index (χ3n) is 2.52.